The Morgan fingerprint density at radius 2 is 0.662 bits per heavy atom. The van der Waals surface area contributed by atoms with E-state index in [2.05, 4.69) is 233 Å². The molecule has 2 aliphatic rings. The van der Waals surface area contributed by atoms with Crippen molar-refractivity contribution < 1.29 is 29.5 Å². The van der Waals surface area contributed by atoms with Crippen LogP contribution in [0.1, 0.15) is 45.5 Å². The average Bonchev–Trinajstić information content (AvgIpc) is 4.07. The van der Waals surface area contributed by atoms with Crippen LogP contribution in [-0.2, 0) is 20.1 Å². The van der Waals surface area contributed by atoms with Crippen LogP contribution in [0.15, 0.2) is 277 Å². The number of pyridine rings is 1. The van der Waals surface area contributed by atoms with Crippen molar-refractivity contribution in [3.63, 3.8) is 0 Å². The average molecular weight is 1090 g/mol. The van der Waals surface area contributed by atoms with Gasteiger partial charge in [-0.15, -0.1) is 71.8 Å². The first kappa shape index (κ1) is 46.2. The fourth-order valence-corrected chi connectivity index (χ4v) is 9.21. The number of benzene rings is 9. The van der Waals surface area contributed by atoms with E-state index in [1.54, 1.807) is 0 Å². The van der Waals surface area contributed by atoms with E-state index in [1.165, 1.54) is 0 Å². The summed E-state index contributed by atoms with van der Waals surface area (Å²) in [4.78, 5) is 4.65. The van der Waals surface area contributed by atoms with Crippen LogP contribution in [0.3, 0.4) is 0 Å². The van der Waals surface area contributed by atoms with Crippen LogP contribution < -0.4 is 0 Å². The molecular weight excluding hydrogens is 1040 g/mol. The number of hydrogen-bond acceptors (Lipinski definition) is 3. The third kappa shape index (κ3) is 9.99. The van der Waals surface area contributed by atoms with Crippen molar-refractivity contribution in [3.8, 4) is 22.5 Å². The monoisotopic (exact) mass is 1090 g/mol. The predicted molar refractivity (Wildman–Crippen MR) is 281 cm³/mol. The normalized spacial score (nSPS) is 15.0. The Balaban J connectivity index is 0.000000257. The smallest absolute Gasteiger partial charge is 0.345 e. The summed E-state index contributed by atoms with van der Waals surface area (Å²) in [7, 11) is 0. The van der Waals surface area contributed by atoms with Gasteiger partial charge in [-0.25, -0.2) is 0 Å². The summed E-state index contributed by atoms with van der Waals surface area (Å²) < 4.78 is 4.28. The van der Waals surface area contributed by atoms with Crippen LogP contribution in [0.2, 0.25) is 0 Å². The Kier molecular flexibility index (Phi) is 14.2. The number of nitrogens with zero attached hydrogens (tertiary/aromatic N) is 5. The second-order valence-corrected chi connectivity index (χ2v) is 16.9. The minimum atomic E-state index is -0.177. The van der Waals surface area contributed by atoms with Gasteiger partial charge in [0.1, 0.15) is 22.8 Å². The summed E-state index contributed by atoms with van der Waals surface area (Å²) in [5.74, 6) is 0. The molecule has 0 amide bonds. The first-order chi connectivity index (χ1) is 34.8. The molecule has 71 heavy (non-hydrogen) atoms. The molecule has 9 aromatic carbocycles. The summed E-state index contributed by atoms with van der Waals surface area (Å²) in [6.45, 7) is 0. The summed E-state index contributed by atoms with van der Waals surface area (Å²) in [6, 6.07) is 101. The zero-order valence-electron chi connectivity index (χ0n) is 38.6. The summed E-state index contributed by atoms with van der Waals surface area (Å²) >= 11 is 0. The van der Waals surface area contributed by atoms with Crippen LogP contribution in [-0.4, -0.2) is 14.4 Å². The molecule has 1 aromatic heterocycles. The molecule has 2 atom stereocenters. The summed E-state index contributed by atoms with van der Waals surface area (Å²) in [5.41, 5.74) is 16.6. The topological polar surface area (TPSA) is 43.6 Å². The minimum Gasteiger partial charge on any atom is -0.345 e. The van der Waals surface area contributed by atoms with Crippen LogP contribution >= 0.6 is 0 Å². The van der Waals surface area contributed by atoms with Crippen molar-refractivity contribution in [2.24, 2.45) is 10.2 Å². The molecule has 338 valence electrons. The maximum absolute atomic E-state index is 5.44. The van der Waals surface area contributed by atoms with Gasteiger partial charge in [0.25, 0.3) is 0 Å². The number of azo groups is 4. The molecule has 2 unspecified atom stereocenters. The Bertz CT molecular complexity index is 3260. The summed E-state index contributed by atoms with van der Waals surface area (Å²) in [6.07, 6.45) is 0. The summed E-state index contributed by atoms with van der Waals surface area (Å²) in [5, 5.41) is 10.9. The first-order valence-electron chi connectivity index (χ1n) is 23.5. The Morgan fingerprint density at radius 3 is 1.03 bits per heavy atom. The van der Waals surface area contributed by atoms with Crippen LogP contribution in [0, 0.1) is 18.2 Å². The van der Waals surface area contributed by atoms with Gasteiger partial charge < -0.3 is 4.98 Å². The molecular formula is C65H46IrN5+2. The molecule has 0 aliphatic carbocycles. The number of hydrogen-bond donors (Lipinski definition) is 0. The number of aromatic nitrogens is 1. The van der Waals surface area contributed by atoms with Gasteiger partial charge >= 0.3 is 20.1 Å². The maximum atomic E-state index is 5.44. The van der Waals surface area contributed by atoms with Gasteiger partial charge in [-0.05, 0) is 28.6 Å². The van der Waals surface area contributed by atoms with Gasteiger partial charge in [0.05, 0.1) is 11.1 Å². The molecule has 0 saturated carbocycles. The van der Waals surface area contributed by atoms with Gasteiger partial charge in [-0.2, -0.15) is 6.07 Å². The molecule has 0 N–H and O–H groups in total. The third-order valence-corrected chi connectivity index (χ3v) is 12.4. The van der Waals surface area contributed by atoms with E-state index >= 15 is 0 Å². The minimum absolute atomic E-state index is 0. The molecule has 0 spiro atoms. The van der Waals surface area contributed by atoms with Gasteiger partial charge in [-0.3, -0.25) is 0 Å². The molecule has 10 aromatic rings. The molecule has 2 aliphatic heterocycles. The Morgan fingerprint density at radius 1 is 0.324 bits per heavy atom. The fraction of sp³-hybridized carbons (Fsp3) is 0.0308. The Hall–Kier alpha value is -8.54. The van der Waals surface area contributed by atoms with Crippen molar-refractivity contribution >= 4 is 33.9 Å². The van der Waals surface area contributed by atoms with E-state index in [-0.39, 0.29) is 32.2 Å². The van der Waals surface area contributed by atoms with E-state index in [1.807, 2.05) is 66.7 Å². The van der Waals surface area contributed by atoms with Crippen molar-refractivity contribution in [2.75, 3.05) is 0 Å². The van der Waals surface area contributed by atoms with Gasteiger partial charge in [0.15, 0.2) is 0 Å². The largest absolute Gasteiger partial charge is 3.00 e. The van der Waals surface area contributed by atoms with Gasteiger partial charge in [-0.1, -0.05) is 222 Å². The molecule has 0 fully saturated rings. The van der Waals surface area contributed by atoms with E-state index in [4.69, 9.17) is 10.2 Å². The van der Waals surface area contributed by atoms with Crippen molar-refractivity contribution in [1.82, 2.24) is 4.98 Å². The number of rotatable bonds is 10. The van der Waals surface area contributed by atoms with Gasteiger partial charge in [0, 0.05) is 32.5 Å². The molecule has 6 heteroatoms. The van der Waals surface area contributed by atoms with E-state index < -0.39 is 0 Å². The zero-order chi connectivity index (χ0) is 46.9. The fourth-order valence-electron chi connectivity index (χ4n) is 9.21. The van der Waals surface area contributed by atoms with E-state index in [9.17, 15) is 0 Å². The molecule has 5 nitrogen and oxygen atoms in total. The zero-order valence-corrected chi connectivity index (χ0v) is 41.0. The molecule has 12 rings (SSSR count). The van der Waals surface area contributed by atoms with Crippen molar-refractivity contribution in [2.45, 2.75) is 12.1 Å². The molecule has 0 bridgehead atoms. The Labute approximate surface area is 429 Å². The van der Waals surface area contributed by atoms with E-state index in [0.29, 0.717) is 0 Å². The van der Waals surface area contributed by atoms with Crippen LogP contribution in [0.5, 0.6) is 0 Å². The van der Waals surface area contributed by atoms with Crippen molar-refractivity contribution in [3.05, 3.63) is 318 Å². The third-order valence-electron chi connectivity index (χ3n) is 12.4. The van der Waals surface area contributed by atoms with Crippen LogP contribution in [0.25, 0.3) is 45.1 Å². The molecule has 3 heterocycles. The maximum Gasteiger partial charge on any atom is 3.00 e. The molecule has 0 radical (unpaired) electrons. The quantitative estimate of drug-likeness (QED) is 0.0994. The second-order valence-electron chi connectivity index (χ2n) is 16.9. The van der Waals surface area contributed by atoms with Gasteiger partial charge in [0.2, 0.25) is 12.1 Å². The van der Waals surface area contributed by atoms with Crippen LogP contribution in [0.4, 0.5) is 11.4 Å². The molecule has 0 saturated heterocycles. The SMILES string of the molecule is [Ir+3].[c-]1c([N+]2=NC(c3ccccc3)=C(c3ccccc3)C2c2ccccc2)cccc1[N+]1=NC(c2ccccc2)=C(c2ccccc2)C1c1ccccc1.[c-]1ccccc1-c1cccc(-c2[c-]cccc2)n1. The van der Waals surface area contributed by atoms with E-state index in [0.717, 1.165) is 89.8 Å². The van der Waals surface area contributed by atoms with Crippen molar-refractivity contribution in [1.29, 1.82) is 0 Å². The predicted octanol–water partition coefficient (Wildman–Crippen LogP) is 16.3. The first-order valence-corrected chi connectivity index (χ1v) is 23.5. The second kappa shape index (κ2) is 21.8. The standard InChI is InChI=1S/C48H35N4.C17H11N.Ir/c1-7-20-35(21-8-1)43-45(37-24-11-3-12-25-37)49-51(47(43)39-28-15-5-16-29-39)41-32-19-33-42(34-41)52-48(40-30-17-6-18-31-40)44(36-22-9-2-10-23-36)46(50-52)38-26-13-4-14-27-38;1-3-8-14(9-4-1)16-12-7-13-17(18-16)15-10-5-2-6-11-15;/h1-33,47-48H;1-8,10,12-13H;/q+1;-2;+3.